The third kappa shape index (κ3) is 4.73. The van der Waals surface area contributed by atoms with Crippen LogP contribution in [0, 0.1) is 0 Å². The van der Waals surface area contributed by atoms with E-state index in [2.05, 4.69) is 26.3 Å². The number of carbonyl (C=O) groups excluding carboxylic acids is 2. The number of carbonyl (C=O) groups is 2. The van der Waals surface area contributed by atoms with Gasteiger partial charge in [-0.1, -0.05) is 35.5 Å². The highest BCUT2D eigenvalue weighted by Gasteiger charge is 2.23. The number of nitrogens with one attached hydrogen (secondary N) is 3. The van der Waals surface area contributed by atoms with Crippen LogP contribution in [0.25, 0.3) is 0 Å². The summed E-state index contributed by atoms with van der Waals surface area (Å²) < 4.78 is 1.62. The van der Waals surface area contributed by atoms with E-state index in [-0.39, 0.29) is 17.6 Å². The largest absolute Gasteiger partial charge is 0.335 e. The molecule has 8 heteroatoms. The molecule has 0 bridgehead atoms. The second kappa shape index (κ2) is 7.91. The Morgan fingerprint density at radius 2 is 1.64 bits per heavy atom. The van der Waals surface area contributed by atoms with Crippen molar-refractivity contribution in [3.63, 3.8) is 0 Å². The topological polar surface area (TPSA) is 101 Å². The maximum Gasteiger partial charge on any atom is 0.319 e. The first kappa shape index (κ1) is 17.7. The zero-order chi connectivity index (χ0) is 19.3. The lowest BCUT2D eigenvalue weighted by Crippen LogP contribution is -2.30. The minimum absolute atomic E-state index is 0.214. The first-order valence-corrected chi connectivity index (χ1v) is 9.09. The zero-order valence-corrected chi connectivity index (χ0v) is 15.1. The van der Waals surface area contributed by atoms with Crippen LogP contribution >= 0.6 is 0 Å². The van der Waals surface area contributed by atoms with Crippen molar-refractivity contribution in [2.45, 2.75) is 25.4 Å². The number of hydrogen-bond donors (Lipinski definition) is 3. The zero-order valence-electron chi connectivity index (χ0n) is 15.1. The molecule has 1 fully saturated rings. The van der Waals surface area contributed by atoms with Gasteiger partial charge in [0.15, 0.2) is 5.69 Å². The molecule has 0 unspecified atom stereocenters. The van der Waals surface area contributed by atoms with E-state index in [0.29, 0.717) is 24.0 Å². The second-order valence-corrected chi connectivity index (χ2v) is 6.69. The maximum absolute atomic E-state index is 12.4. The number of aromatic nitrogens is 3. The Balaban J connectivity index is 1.32. The van der Waals surface area contributed by atoms with Gasteiger partial charge < -0.3 is 16.0 Å². The first-order chi connectivity index (χ1) is 13.7. The highest BCUT2D eigenvalue weighted by molar-refractivity contribution is 6.02. The fourth-order valence-corrected chi connectivity index (χ4v) is 2.66. The van der Waals surface area contributed by atoms with E-state index in [9.17, 15) is 9.59 Å². The summed E-state index contributed by atoms with van der Waals surface area (Å²) in [5.41, 5.74) is 2.58. The van der Waals surface area contributed by atoms with Crippen LogP contribution in [-0.2, 0) is 6.54 Å². The molecule has 0 spiro atoms. The van der Waals surface area contributed by atoms with Gasteiger partial charge in [-0.05, 0) is 42.7 Å². The van der Waals surface area contributed by atoms with E-state index < -0.39 is 0 Å². The number of amides is 3. The number of urea groups is 1. The van der Waals surface area contributed by atoms with Gasteiger partial charge in [-0.3, -0.25) is 4.79 Å². The molecule has 3 amide bonds. The van der Waals surface area contributed by atoms with Crippen LogP contribution in [0.15, 0.2) is 60.8 Å². The van der Waals surface area contributed by atoms with Gasteiger partial charge in [0.05, 0.1) is 12.7 Å². The van der Waals surface area contributed by atoms with Crippen LogP contribution in [0.3, 0.4) is 0 Å². The van der Waals surface area contributed by atoms with Crippen LogP contribution in [-0.4, -0.2) is 33.0 Å². The summed E-state index contributed by atoms with van der Waals surface area (Å²) in [5.74, 6) is -0.341. The van der Waals surface area contributed by atoms with Gasteiger partial charge in [0.2, 0.25) is 0 Å². The van der Waals surface area contributed by atoms with Crippen LogP contribution in [0.4, 0.5) is 16.2 Å². The quantitative estimate of drug-likeness (QED) is 0.616. The predicted molar refractivity (Wildman–Crippen MR) is 105 cm³/mol. The standard InChI is InChI=1S/C20H20N6O2/c27-19(18-13-26(25-24-18)12-14-4-2-1-3-5-14)21-15-6-8-16(9-7-15)22-20(28)23-17-10-11-17/h1-9,13,17H,10-12H2,(H,21,27)(H2,22,23,28). The summed E-state index contributed by atoms with van der Waals surface area (Å²) in [5, 5.41) is 16.3. The molecule has 0 saturated heterocycles. The Hall–Kier alpha value is -3.68. The van der Waals surface area contributed by atoms with Crippen molar-refractivity contribution in [2.24, 2.45) is 0 Å². The Morgan fingerprint density at radius 3 is 2.32 bits per heavy atom. The summed E-state index contributed by atoms with van der Waals surface area (Å²) in [6, 6.07) is 16.8. The Bertz CT molecular complexity index is 964. The average molecular weight is 376 g/mol. The van der Waals surface area contributed by atoms with Crippen molar-refractivity contribution in [3.05, 3.63) is 72.1 Å². The van der Waals surface area contributed by atoms with Gasteiger partial charge in [0.25, 0.3) is 5.91 Å². The Labute approximate surface area is 161 Å². The van der Waals surface area contributed by atoms with Crippen molar-refractivity contribution in [1.82, 2.24) is 20.3 Å². The number of nitrogens with zero attached hydrogens (tertiary/aromatic N) is 3. The molecule has 28 heavy (non-hydrogen) atoms. The van der Waals surface area contributed by atoms with Crippen molar-refractivity contribution >= 4 is 23.3 Å². The predicted octanol–water partition coefficient (Wildman–Crippen LogP) is 2.86. The fraction of sp³-hybridized carbons (Fsp3) is 0.200. The number of anilines is 2. The molecule has 1 saturated carbocycles. The number of hydrogen-bond acceptors (Lipinski definition) is 4. The second-order valence-electron chi connectivity index (χ2n) is 6.69. The van der Waals surface area contributed by atoms with Gasteiger partial charge in [0, 0.05) is 17.4 Å². The van der Waals surface area contributed by atoms with Crippen molar-refractivity contribution in [3.8, 4) is 0 Å². The van der Waals surface area contributed by atoms with Crippen LogP contribution in [0.2, 0.25) is 0 Å². The van der Waals surface area contributed by atoms with Gasteiger partial charge in [-0.2, -0.15) is 0 Å². The van der Waals surface area contributed by atoms with E-state index in [1.54, 1.807) is 35.1 Å². The molecule has 2 aromatic carbocycles. The molecule has 1 aromatic heterocycles. The van der Waals surface area contributed by atoms with E-state index in [1.807, 2.05) is 30.3 Å². The Kier molecular flexibility index (Phi) is 5.01. The minimum Gasteiger partial charge on any atom is -0.335 e. The SMILES string of the molecule is O=C(Nc1ccc(NC(=O)c2cn(Cc3ccccc3)nn2)cc1)NC1CC1. The normalized spacial score (nSPS) is 13.0. The monoisotopic (exact) mass is 376 g/mol. The van der Waals surface area contributed by atoms with Gasteiger partial charge in [0.1, 0.15) is 0 Å². The van der Waals surface area contributed by atoms with E-state index >= 15 is 0 Å². The lowest BCUT2D eigenvalue weighted by atomic mass is 10.2. The Morgan fingerprint density at radius 1 is 0.964 bits per heavy atom. The van der Waals surface area contributed by atoms with Crippen molar-refractivity contribution < 1.29 is 9.59 Å². The van der Waals surface area contributed by atoms with Crippen LogP contribution < -0.4 is 16.0 Å². The summed E-state index contributed by atoms with van der Waals surface area (Å²) in [6.07, 6.45) is 3.68. The molecular formula is C20H20N6O2. The van der Waals surface area contributed by atoms with E-state index in [0.717, 1.165) is 18.4 Å². The van der Waals surface area contributed by atoms with E-state index in [1.165, 1.54) is 0 Å². The molecule has 8 nitrogen and oxygen atoms in total. The molecule has 4 rings (SSSR count). The molecule has 1 aliphatic carbocycles. The summed E-state index contributed by atoms with van der Waals surface area (Å²) in [7, 11) is 0. The molecule has 1 aliphatic rings. The molecule has 0 radical (unpaired) electrons. The van der Waals surface area contributed by atoms with E-state index in [4.69, 9.17) is 0 Å². The number of benzene rings is 2. The third-order valence-corrected chi connectivity index (χ3v) is 4.27. The first-order valence-electron chi connectivity index (χ1n) is 9.09. The summed E-state index contributed by atoms with van der Waals surface area (Å²) in [6.45, 7) is 0.546. The van der Waals surface area contributed by atoms with Gasteiger partial charge >= 0.3 is 6.03 Å². The molecular weight excluding hydrogens is 356 g/mol. The number of rotatable bonds is 6. The smallest absolute Gasteiger partial charge is 0.319 e. The summed E-state index contributed by atoms with van der Waals surface area (Å²) in [4.78, 5) is 24.1. The lowest BCUT2D eigenvalue weighted by Gasteiger charge is -2.08. The highest BCUT2D eigenvalue weighted by Crippen LogP contribution is 2.19. The minimum atomic E-state index is -0.341. The third-order valence-electron chi connectivity index (χ3n) is 4.27. The van der Waals surface area contributed by atoms with Gasteiger partial charge in [-0.25, -0.2) is 9.48 Å². The molecule has 1 heterocycles. The molecule has 3 N–H and O–H groups in total. The lowest BCUT2D eigenvalue weighted by molar-refractivity contribution is 0.102. The van der Waals surface area contributed by atoms with Crippen LogP contribution in [0.5, 0.6) is 0 Å². The van der Waals surface area contributed by atoms with Crippen LogP contribution in [0.1, 0.15) is 28.9 Å². The molecule has 0 atom stereocenters. The maximum atomic E-state index is 12.4. The molecule has 142 valence electrons. The average Bonchev–Trinajstić information content (AvgIpc) is 3.38. The molecule has 0 aliphatic heterocycles. The summed E-state index contributed by atoms with van der Waals surface area (Å²) >= 11 is 0. The van der Waals surface area contributed by atoms with Crippen molar-refractivity contribution in [1.29, 1.82) is 0 Å². The molecule has 3 aromatic rings. The van der Waals surface area contributed by atoms with Crippen molar-refractivity contribution in [2.75, 3.05) is 10.6 Å². The van der Waals surface area contributed by atoms with Gasteiger partial charge in [-0.15, -0.1) is 5.10 Å². The fourth-order valence-electron chi connectivity index (χ4n) is 2.66. The highest BCUT2D eigenvalue weighted by atomic mass is 16.2.